The van der Waals surface area contributed by atoms with E-state index in [9.17, 15) is 4.79 Å². The van der Waals surface area contributed by atoms with Crippen LogP contribution < -0.4 is 5.56 Å². The first kappa shape index (κ1) is 12.5. The van der Waals surface area contributed by atoms with Crippen LogP contribution >= 0.6 is 0 Å². The molecule has 0 fully saturated rings. The lowest BCUT2D eigenvalue weighted by Gasteiger charge is -2.07. The normalized spacial score (nSPS) is 11.1. The van der Waals surface area contributed by atoms with Crippen LogP contribution in [0, 0.1) is 0 Å². The van der Waals surface area contributed by atoms with Crippen LogP contribution in [0.2, 0.25) is 0 Å². The highest BCUT2D eigenvalue weighted by atomic mass is 16.1. The molecule has 2 aromatic rings. The van der Waals surface area contributed by atoms with Gasteiger partial charge in [0.2, 0.25) is 0 Å². The quantitative estimate of drug-likeness (QED) is 0.889. The van der Waals surface area contributed by atoms with Crippen LogP contribution in [0.3, 0.4) is 0 Å². The molecule has 2 heterocycles. The number of aromatic amines is 1. The number of hydrogen-bond donors (Lipinski definition) is 1. The summed E-state index contributed by atoms with van der Waals surface area (Å²) in [6.07, 6.45) is 2.60. The Morgan fingerprint density at radius 2 is 2.22 bits per heavy atom. The van der Waals surface area contributed by atoms with E-state index in [4.69, 9.17) is 0 Å². The molecule has 18 heavy (non-hydrogen) atoms. The van der Waals surface area contributed by atoms with Gasteiger partial charge in [-0.25, -0.2) is 9.67 Å². The molecule has 0 aliphatic heterocycles. The molecule has 6 heteroatoms. The number of nitrogens with zero attached hydrogens (tertiary/aromatic N) is 4. The number of hydrogen-bond acceptors (Lipinski definition) is 4. The van der Waals surface area contributed by atoms with Crippen molar-refractivity contribution in [3.8, 4) is 11.4 Å². The Morgan fingerprint density at radius 3 is 2.89 bits per heavy atom. The average molecular weight is 247 g/mol. The third-order valence-electron chi connectivity index (χ3n) is 2.62. The predicted molar refractivity (Wildman–Crippen MR) is 68.3 cm³/mol. The minimum absolute atomic E-state index is 0.145. The van der Waals surface area contributed by atoms with E-state index in [-0.39, 0.29) is 11.5 Å². The van der Waals surface area contributed by atoms with Gasteiger partial charge in [-0.05, 0) is 6.42 Å². The fourth-order valence-corrected chi connectivity index (χ4v) is 1.71. The zero-order valence-electron chi connectivity index (χ0n) is 10.8. The second-order valence-corrected chi connectivity index (χ2v) is 4.51. The molecule has 0 aliphatic carbocycles. The number of rotatable bonds is 4. The van der Waals surface area contributed by atoms with E-state index in [0.29, 0.717) is 11.5 Å². The summed E-state index contributed by atoms with van der Waals surface area (Å²) in [6, 6.07) is 1.48. The molecule has 2 aromatic heterocycles. The van der Waals surface area contributed by atoms with Crippen molar-refractivity contribution in [2.45, 2.75) is 39.7 Å². The van der Waals surface area contributed by atoms with Gasteiger partial charge in [0.05, 0.1) is 11.9 Å². The molecule has 0 aromatic carbocycles. The predicted octanol–water partition coefficient (Wildman–Crippen LogP) is 1.56. The molecule has 0 aliphatic rings. The van der Waals surface area contributed by atoms with Gasteiger partial charge in [0.1, 0.15) is 11.5 Å². The van der Waals surface area contributed by atoms with Crippen molar-refractivity contribution in [2.24, 2.45) is 0 Å². The van der Waals surface area contributed by atoms with Crippen LogP contribution in [-0.2, 0) is 6.54 Å². The van der Waals surface area contributed by atoms with Crippen LogP contribution in [0.15, 0.2) is 17.1 Å². The number of aryl methyl sites for hydroxylation is 1. The standard InChI is InChI=1S/C12H17N5O/c1-4-5-17-10(7-13-16-17)9-6-11(18)15-12(14-9)8(2)3/h6-8H,4-5H2,1-3H3,(H,14,15,18). The van der Waals surface area contributed by atoms with Gasteiger partial charge < -0.3 is 4.98 Å². The maximum atomic E-state index is 11.6. The van der Waals surface area contributed by atoms with Crippen LogP contribution in [0.1, 0.15) is 38.9 Å². The van der Waals surface area contributed by atoms with Gasteiger partial charge in [-0.3, -0.25) is 4.79 Å². The summed E-state index contributed by atoms with van der Waals surface area (Å²) in [5, 5.41) is 7.88. The lowest BCUT2D eigenvalue weighted by Crippen LogP contribution is -2.13. The topological polar surface area (TPSA) is 76.5 Å². The molecular weight excluding hydrogens is 230 g/mol. The van der Waals surface area contributed by atoms with E-state index < -0.39 is 0 Å². The minimum atomic E-state index is -0.145. The van der Waals surface area contributed by atoms with Crippen molar-refractivity contribution >= 4 is 0 Å². The first-order chi connectivity index (χ1) is 8.61. The van der Waals surface area contributed by atoms with Crippen molar-refractivity contribution in [2.75, 3.05) is 0 Å². The molecule has 0 radical (unpaired) electrons. The van der Waals surface area contributed by atoms with E-state index in [1.807, 2.05) is 13.8 Å². The number of nitrogens with one attached hydrogen (secondary N) is 1. The van der Waals surface area contributed by atoms with Gasteiger partial charge in [-0.2, -0.15) is 0 Å². The Balaban J connectivity index is 2.50. The molecule has 2 rings (SSSR count). The summed E-state index contributed by atoms with van der Waals surface area (Å²) in [5.41, 5.74) is 1.26. The van der Waals surface area contributed by atoms with E-state index in [1.54, 1.807) is 10.9 Å². The van der Waals surface area contributed by atoms with Gasteiger partial charge >= 0.3 is 0 Å². The summed E-state index contributed by atoms with van der Waals surface area (Å²) in [7, 11) is 0. The second kappa shape index (κ2) is 5.12. The molecular formula is C12H17N5O. The highest BCUT2D eigenvalue weighted by Gasteiger charge is 2.11. The second-order valence-electron chi connectivity index (χ2n) is 4.51. The lowest BCUT2D eigenvalue weighted by atomic mass is 10.2. The molecule has 0 amide bonds. The van der Waals surface area contributed by atoms with Gasteiger partial charge in [0, 0.05) is 18.5 Å². The SMILES string of the molecule is CCCn1nncc1-c1cc(=O)[nH]c(C(C)C)n1. The Bertz CT molecular complexity index is 584. The minimum Gasteiger partial charge on any atom is -0.310 e. The van der Waals surface area contributed by atoms with Crippen LogP contribution in [0.5, 0.6) is 0 Å². The summed E-state index contributed by atoms with van der Waals surface area (Å²) >= 11 is 0. The monoisotopic (exact) mass is 247 g/mol. The van der Waals surface area contributed by atoms with Crippen molar-refractivity contribution in [3.63, 3.8) is 0 Å². The van der Waals surface area contributed by atoms with Crippen molar-refractivity contribution < 1.29 is 0 Å². The Kier molecular flexibility index (Phi) is 3.55. The van der Waals surface area contributed by atoms with Crippen molar-refractivity contribution in [1.29, 1.82) is 0 Å². The fourth-order valence-electron chi connectivity index (χ4n) is 1.71. The highest BCUT2D eigenvalue weighted by molar-refractivity contribution is 5.52. The molecule has 0 unspecified atom stereocenters. The fraction of sp³-hybridized carbons (Fsp3) is 0.500. The number of H-pyrrole nitrogens is 1. The van der Waals surface area contributed by atoms with Gasteiger partial charge in [0.25, 0.3) is 5.56 Å². The van der Waals surface area contributed by atoms with E-state index >= 15 is 0 Å². The summed E-state index contributed by atoms with van der Waals surface area (Å²) in [5.74, 6) is 0.856. The van der Waals surface area contributed by atoms with Crippen LogP contribution in [-0.4, -0.2) is 25.0 Å². The van der Waals surface area contributed by atoms with Crippen molar-refractivity contribution in [3.05, 3.63) is 28.4 Å². The molecule has 0 spiro atoms. The van der Waals surface area contributed by atoms with Gasteiger partial charge in [0.15, 0.2) is 0 Å². The molecule has 0 saturated heterocycles. The molecule has 96 valence electrons. The lowest BCUT2D eigenvalue weighted by molar-refractivity contribution is 0.583. The average Bonchev–Trinajstić information content (AvgIpc) is 2.77. The van der Waals surface area contributed by atoms with E-state index in [1.165, 1.54) is 6.07 Å². The summed E-state index contributed by atoms with van der Waals surface area (Å²) < 4.78 is 1.77. The van der Waals surface area contributed by atoms with Gasteiger partial charge in [-0.1, -0.05) is 26.0 Å². The van der Waals surface area contributed by atoms with E-state index in [2.05, 4.69) is 27.2 Å². The summed E-state index contributed by atoms with van der Waals surface area (Å²) in [4.78, 5) is 18.8. The summed E-state index contributed by atoms with van der Waals surface area (Å²) in [6.45, 7) is 6.81. The molecule has 6 nitrogen and oxygen atoms in total. The smallest absolute Gasteiger partial charge is 0.251 e. The molecule has 0 bridgehead atoms. The Labute approximate surface area is 105 Å². The largest absolute Gasteiger partial charge is 0.310 e. The first-order valence-corrected chi connectivity index (χ1v) is 6.12. The molecule has 0 atom stereocenters. The molecule has 0 saturated carbocycles. The Morgan fingerprint density at radius 1 is 1.44 bits per heavy atom. The van der Waals surface area contributed by atoms with Crippen LogP contribution in [0.4, 0.5) is 0 Å². The maximum Gasteiger partial charge on any atom is 0.251 e. The van der Waals surface area contributed by atoms with Gasteiger partial charge in [-0.15, -0.1) is 5.10 Å². The Hall–Kier alpha value is -1.98. The highest BCUT2D eigenvalue weighted by Crippen LogP contribution is 2.16. The molecule has 1 N–H and O–H groups in total. The zero-order valence-corrected chi connectivity index (χ0v) is 10.8. The third kappa shape index (κ3) is 2.47. The first-order valence-electron chi connectivity index (χ1n) is 6.12. The number of aromatic nitrogens is 5. The third-order valence-corrected chi connectivity index (χ3v) is 2.62. The zero-order chi connectivity index (χ0) is 13.1. The van der Waals surface area contributed by atoms with Crippen molar-refractivity contribution in [1.82, 2.24) is 25.0 Å². The van der Waals surface area contributed by atoms with Crippen LogP contribution in [0.25, 0.3) is 11.4 Å². The van der Waals surface area contributed by atoms with E-state index in [0.717, 1.165) is 18.7 Å². The maximum absolute atomic E-state index is 11.6.